The summed E-state index contributed by atoms with van der Waals surface area (Å²) in [6, 6.07) is 0. The van der Waals surface area contributed by atoms with Crippen LogP contribution in [-0.2, 0) is 9.53 Å². The van der Waals surface area contributed by atoms with Crippen molar-refractivity contribution in [3.8, 4) is 0 Å². The molecule has 4 heteroatoms. The van der Waals surface area contributed by atoms with Crippen LogP contribution >= 0.6 is 0 Å². The molecule has 4 nitrogen and oxygen atoms in total. The van der Waals surface area contributed by atoms with Crippen molar-refractivity contribution in [2.24, 2.45) is 5.92 Å². The number of ether oxygens (including phenoxy) is 1. The average molecular weight is 187 g/mol. The third kappa shape index (κ3) is 2.00. The van der Waals surface area contributed by atoms with Gasteiger partial charge in [-0.3, -0.25) is 9.69 Å². The fourth-order valence-corrected chi connectivity index (χ4v) is 1.95. The molecular weight excluding hydrogens is 170 g/mol. The third-order valence-corrected chi connectivity index (χ3v) is 2.91. The maximum atomic E-state index is 10.8. The molecule has 1 heterocycles. The van der Waals surface area contributed by atoms with Gasteiger partial charge in [0.2, 0.25) is 0 Å². The fraction of sp³-hybridized carbons (Fsp3) is 0.889. The van der Waals surface area contributed by atoms with Crippen molar-refractivity contribution in [1.29, 1.82) is 0 Å². The van der Waals surface area contributed by atoms with Crippen LogP contribution in [0.15, 0.2) is 0 Å². The molecule has 13 heavy (non-hydrogen) atoms. The zero-order valence-corrected chi connectivity index (χ0v) is 8.41. The summed E-state index contributed by atoms with van der Waals surface area (Å²) in [4.78, 5) is 12.8. The second-order valence-corrected chi connectivity index (χ2v) is 4.05. The molecular formula is C9H17NO3. The lowest BCUT2D eigenvalue weighted by atomic mass is 9.95. The molecule has 76 valence electrons. The minimum atomic E-state index is -0.702. The van der Waals surface area contributed by atoms with Gasteiger partial charge >= 0.3 is 5.97 Å². The van der Waals surface area contributed by atoms with Gasteiger partial charge in [-0.1, -0.05) is 0 Å². The number of aliphatic carboxylic acids is 1. The Balaban J connectivity index is 2.64. The molecule has 1 N–H and O–H groups in total. The van der Waals surface area contributed by atoms with E-state index >= 15 is 0 Å². The first-order valence-corrected chi connectivity index (χ1v) is 4.42. The van der Waals surface area contributed by atoms with Gasteiger partial charge in [0.1, 0.15) is 0 Å². The highest BCUT2D eigenvalue weighted by atomic mass is 16.5. The number of methoxy groups -OCH3 is 1. The lowest BCUT2D eigenvalue weighted by Gasteiger charge is -2.30. The highest BCUT2D eigenvalue weighted by Crippen LogP contribution is 2.31. The van der Waals surface area contributed by atoms with Gasteiger partial charge in [-0.25, -0.2) is 0 Å². The summed E-state index contributed by atoms with van der Waals surface area (Å²) in [6.07, 6.45) is 0.673. The van der Waals surface area contributed by atoms with Gasteiger partial charge in [-0.15, -0.1) is 0 Å². The number of rotatable bonds is 3. The van der Waals surface area contributed by atoms with Crippen LogP contribution in [0.25, 0.3) is 0 Å². The molecule has 0 spiro atoms. The first-order valence-electron chi connectivity index (χ1n) is 4.42. The average Bonchev–Trinajstić information content (AvgIpc) is 2.29. The molecule has 0 bridgehead atoms. The Hall–Kier alpha value is -0.610. The molecule has 0 aromatic heterocycles. The highest BCUT2D eigenvalue weighted by Gasteiger charge is 2.42. The van der Waals surface area contributed by atoms with Crippen LogP contribution in [0.2, 0.25) is 0 Å². The van der Waals surface area contributed by atoms with Crippen molar-refractivity contribution in [3.63, 3.8) is 0 Å². The van der Waals surface area contributed by atoms with Gasteiger partial charge in [0.25, 0.3) is 0 Å². The van der Waals surface area contributed by atoms with Crippen molar-refractivity contribution in [1.82, 2.24) is 4.90 Å². The molecule has 0 aliphatic carbocycles. The lowest BCUT2D eigenvalue weighted by molar-refractivity contribution is -0.141. The maximum Gasteiger partial charge on any atom is 0.307 e. The Labute approximate surface area is 78.5 Å². The van der Waals surface area contributed by atoms with Crippen molar-refractivity contribution >= 4 is 5.97 Å². The standard InChI is InChI=1S/C9H17NO3/c1-9(6-13-3)4-7(8(11)12)5-10(9)2/h7H,4-6H2,1-3H3,(H,11,12)/t7-,9-/m0/s1. The number of likely N-dealkylation sites (N-methyl/N-ethyl adjacent to an activating group) is 1. The van der Waals surface area contributed by atoms with Crippen LogP contribution < -0.4 is 0 Å². The lowest BCUT2D eigenvalue weighted by Crippen LogP contribution is -2.42. The van der Waals surface area contributed by atoms with Gasteiger partial charge in [0, 0.05) is 19.2 Å². The quantitative estimate of drug-likeness (QED) is 0.696. The predicted octanol–water partition coefficient (Wildman–Crippen LogP) is 0.428. The minimum absolute atomic E-state index is 0.113. The molecule has 1 fully saturated rings. The van der Waals surface area contributed by atoms with E-state index in [1.807, 2.05) is 14.0 Å². The van der Waals surface area contributed by atoms with E-state index in [9.17, 15) is 4.79 Å². The Kier molecular flexibility index (Phi) is 2.93. The molecule has 0 aromatic carbocycles. The van der Waals surface area contributed by atoms with E-state index in [2.05, 4.69) is 4.90 Å². The Morgan fingerprint density at radius 1 is 1.77 bits per heavy atom. The van der Waals surface area contributed by atoms with Gasteiger partial charge < -0.3 is 9.84 Å². The molecule has 1 rings (SSSR count). The molecule has 0 aromatic rings. The second kappa shape index (κ2) is 3.64. The number of carbonyl (C=O) groups is 1. The first kappa shape index (κ1) is 10.5. The monoisotopic (exact) mass is 187 g/mol. The Bertz CT molecular complexity index is 207. The van der Waals surface area contributed by atoms with E-state index in [-0.39, 0.29) is 11.5 Å². The van der Waals surface area contributed by atoms with Crippen LogP contribution in [0.1, 0.15) is 13.3 Å². The summed E-state index contributed by atoms with van der Waals surface area (Å²) in [7, 11) is 3.59. The van der Waals surface area contributed by atoms with Gasteiger partial charge in [0.05, 0.1) is 12.5 Å². The van der Waals surface area contributed by atoms with Crippen LogP contribution in [-0.4, -0.2) is 48.8 Å². The van der Waals surface area contributed by atoms with Crippen molar-refractivity contribution in [2.45, 2.75) is 18.9 Å². The third-order valence-electron chi connectivity index (χ3n) is 2.91. The molecule has 0 amide bonds. The van der Waals surface area contributed by atoms with Crippen LogP contribution in [0, 0.1) is 5.92 Å². The zero-order chi connectivity index (χ0) is 10.1. The first-order chi connectivity index (χ1) is 5.99. The van der Waals surface area contributed by atoms with Crippen molar-refractivity contribution in [2.75, 3.05) is 27.3 Å². The smallest absolute Gasteiger partial charge is 0.307 e. The number of nitrogens with zero attached hydrogens (tertiary/aromatic N) is 1. The molecule has 0 unspecified atom stereocenters. The number of likely N-dealkylation sites (tertiary alicyclic amines) is 1. The molecule has 1 aliphatic rings. The van der Waals surface area contributed by atoms with E-state index in [0.29, 0.717) is 19.6 Å². The highest BCUT2D eigenvalue weighted by molar-refractivity contribution is 5.71. The second-order valence-electron chi connectivity index (χ2n) is 4.05. The van der Waals surface area contributed by atoms with Gasteiger partial charge in [0.15, 0.2) is 0 Å². The SMILES string of the molecule is COC[C@]1(C)C[C@H](C(=O)O)CN1C. The topological polar surface area (TPSA) is 49.8 Å². The largest absolute Gasteiger partial charge is 0.481 e. The summed E-state index contributed by atoms with van der Waals surface area (Å²) < 4.78 is 5.09. The van der Waals surface area contributed by atoms with E-state index in [1.54, 1.807) is 7.11 Å². The maximum absolute atomic E-state index is 10.8. The van der Waals surface area contributed by atoms with E-state index in [4.69, 9.17) is 9.84 Å². The number of carboxylic acids is 1. The summed E-state index contributed by atoms with van der Waals surface area (Å²) >= 11 is 0. The van der Waals surface area contributed by atoms with Crippen molar-refractivity contribution < 1.29 is 14.6 Å². The number of carboxylic acid groups (broad SMARTS) is 1. The van der Waals surface area contributed by atoms with Gasteiger partial charge in [-0.05, 0) is 20.4 Å². The number of hydrogen-bond acceptors (Lipinski definition) is 3. The van der Waals surface area contributed by atoms with Crippen molar-refractivity contribution in [3.05, 3.63) is 0 Å². The minimum Gasteiger partial charge on any atom is -0.481 e. The van der Waals surface area contributed by atoms with Crippen LogP contribution in [0.4, 0.5) is 0 Å². The predicted molar refractivity (Wildman–Crippen MR) is 48.7 cm³/mol. The summed E-state index contributed by atoms with van der Waals surface area (Å²) in [6.45, 7) is 3.25. The van der Waals surface area contributed by atoms with Gasteiger partial charge in [-0.2, -0.15) is 0 Å². The Morgan fingerprint density at radius 2 is 2.38 bits per heavy atom. The summed E-state index contributed by atoms with van der Waals surface area (Å²) in [5, 5.41) is 8.86. The summed E-state index contributed by atoms with van der Waals surface area (Å²) in [5.41, 5.74) is -0.113. The zero-order valence-electron chi connectivity index (χ0n) is 8.41. The fourth-order valence-electron chi connectivity index (χ4n) is 1.95. The molecule has 0 saturated carbocycles. The van der Waals surface area contributed by atoms with E-state index in [1.165, 1.54) is 0 Å². The number of hydrogen-bond donors (Lipinski definition) is 1. The van der Waals surface area contributed by atoms with Crippen LogP contribution in [0.3, 0.4) is 0 Å². The van der Waals surface area contributed by atoms with E-state index in [0.717, 1.165) is 0 Å². The molecule has 1 saturated heterocycles. The molecule has 1 aliphatic heterocycles. The normalized spacial score (nSPS) is 35.2. The van der Waals surface area contributed by atoms with E-state index < -0.39 is 5.97 Å². The summed E-state index contributed by atoms with van der Waals surface area (Å²) in [5.74, 6) is -0.947. The van der Waals surface area contributed by atoms with Crippen LogP contribution in [0.5, 0.6) is 0 Å². The molecule has 2 atom stereocenters. The Morgan fingerprint density at radius 3 is 2.77 bits per heavy atom. The molecule has 0 radical (unpaired) electrons.